The lowest BCUT2D eigenvalue weighted by molar-refractivity contribution is -0.384. The minimum atomic E-state index is -0.603. The van der Waals surface area contributed by atoms with Gasteiger partial charge in [0, 0.05) is 25.2 Å². The molecule has 1 heterocycles. The molecule has 0 aliphatic carbocycles. The van der Waals surface area contributed by atoms with Gasteiger partial charge >= 0.3 is 5.97 Å². The average molecular weight is 370 g/mol. The van der Waals surface area contributed by atoms with E-state index in [4.69, 9.17) is 9.47 Å². The van der Waals surface area contributed by atoms with Crippen molar-refractivity contribution in [3.05, 3.63) is 62.7 Å². The molecule has 7 nitrogen and oxygen atoms in total. The molecule has 1 saturated heterocycles. The highest BCUT2D eigenvalue weighted by atomic mass is 16.6. The molecule has 0 bridgehead atoms. The highest BCUT2D eigenvalue weighted by molar-refractivity contribution is 5.98. The zero-order valence-electron chi connectivity index (χ0n) is 15.7. The fourth-order valence-corrected chi connectivity index (χ4v) is 3.14. The van der Waals surface area contributed by atoms with Crippen LogP contribution in [0.3, 0.4) is 0 Å². The van der Waals surface area contributed by atoms with Gasteiger partial charge in [-0.05, 0) is 49.6 Å². The molecule has 7 heteroatoms. The van der Waals surface area contributed by atoms with Crippen molar-refractivity contribution < 1.29 is 19.2 Å². The second-order valence-electron chi connectivity index (χ2n) is 6.65. The number of rotatable bonds is 4. The summed E-state index contributed by atoms with van der Waals surface area (Å²) in [7, 11) is 0. The molecule has 2 aromatic rings. The maximum absolute atomic E-state index is 12.9. The number of nitro groups is 1. The summed E-state index contributed by atoms with van der Waals surface area (Å²) in [5, 5.41) is 11.2. The monoisotopic (exact) mass is 370 g/mol. The predicted octanol–water partition coefficient (Wildman–Crippen LogP) is 3.58. The molecule has 142 valence electrons. The molecular formula is C20H22N2O5. The Bertz CT molecular complexity index is 888. The predicted molar refractivity (Wildman–Crippen MR) is 102 cm³/mol. The van der Waals surface area contributed by atoms with Crippen molar-refractivity contribution in [2.75, 3.05) is 31.2 Å². The first-order valence-electron chi connectivity index (χ1n) is 8.78. The van der Waals surface area contributed by atoms with Crippen molar-refractivity contribution in [3.63, 3.8) is 0 Å². The Morgan fingerprint density at radius 2 is 1.85 bits per heavy atom. The smallest absolute Gasteiger partial charge is 0.345 e. The van der Waals surface area contributed by atoms with Gasteiger partial charge in [0.1, 0.15) is 5.75 Å². The second-order valence-corrected chi connectivity index (χ2v) is 6.65. The minimum absolute atomic E-state index is 0.142. The number of morpholine rings is 1. The van der Waals surface area contributed by atoms with Crippen molar-refractivity contribution in [3.8, 4) is 5.75 Å². The van der Waals surface area contributed by atoms with Gasteiger partial charge in [-0.3, -0.25) is 10.1 Å². The number of esters is 1. The largest absolute Gasteiger partial charge is 0.423 e. The molecule has 0 atom stereocenters. The summed E-state index contributed by atoms with van der Waals surface area (Å²) in [5.41, 5.74) is 3.53. The molecule has 1 aliphatic heterocycles. The SMILES string of the molecule is Cc1cc(C)c(C)c(OC(=O)c2cc([N+](=O)[O-])ccc2N2CCOCC2)c1. The van der Waals surface area contributed by atoms with Crippen LogP contribution in [-0.2, 0) is 4.74 Å². The Morgan fingerprint density at radius 1 is 1.15 bits per heavy atom. The Hall–Kier alpha value is -2.93. The lowest BCUT2D eigenvalue weighted by atomic mass is 10.1. The number of non-ortho nitro benzene ring substituents is 1. The van der Waals surface area contributed by atoms with E-state index in [0.717, 1.165) is 16.7 Å². The molecule has 0 saturated carbocycles. The van der Waals surface area contributed by atoms with Crippen molar-refractivity contribution >= 4 is 17.3 Å². The summed E-state index contributed by atoms with van der Waals surface area (Å²) in [6.07, 6.45) is 0. The van der Waals surface area contributed by atoms with Crippen LogP contribution < -0.4 is 9.64 Å². The zero-order valence-corrected chi connectivity index (χ0v) is 15.7. The maximum atomic E-state index is 12.9. The van der Waals surface area contributed by atoms with Crippen molar-refractivity contribution in [1.82, 2.24) is 0 Å². The van der Waals surface area contributed by atoms with E-state index >= 15 is 0 Å². The average Bonchev–Trinajstić information content (AvgIpc) is 2.65. The van der Waals surface area contributed by atoms with Crippen LogP contribution in [0.1, 0.15) is 27.0 Å². The number of anilines is 1. The van der Waals surface area contributed by atoms with Crippen molar-refractivity contribution in [2.24, 2.45) is 0 Å². The molecule has 0 spiro atoms. The number of benzene rings is 2. The molecule has 2 aromatic carbocycles. The molecule has 1 aliphatic rings. The molecule has 0 radical (unpaired) electrons. The Morgan fingerprint density at radius 3 is 2.52 bits per heavy atom. The van der Waals surface area contributed by atoms with Gasteiger partial charge in [0.2, 0.25) is 0 Å². The van der Waals surface area contributed by atoms with E-state index in [1.165, 1.54) is 12.1 Å². The lowest BCUT2D eigenvalue weighted by Crippen LogP contribution is -2.37. The van der Waals surface area contributed by atoms with Gasteiger partial charge in [-0.2, -0.15) is 0 Å². The van der Waals surface area contributed by atoms with Gasteiger partial charge in [0.15, 0.2) is 0 Å². The second kappa shape index (κ2) is 7.75. The van der Waals surface area contributed by atoms with E-state index in [-0.39, 0.29) is 11.3 Å². The third-order valence-corrected chi connectivity index (χ3v) is 4.73. The highest BCUT2D eigenvalue weighted by Crippen LogP contribution is 2.29. The fourth-order valence-electron chi connectivity index (χ4n) is 3.14. The standard InChI is InChI=1S/C20H22N2O5/c1-13-10-14(2)15(3)19(11-13)27-20(23)17-12-16(22(24)25)4-5-18(17)21-6-8-26-9-7-21/h4-5,10-12H,6-9H2,1-3H3. The summed E-state index contributed by atoms with van der Waals surface area (Å²) in [6.45, 7) is 8.07. The van der Waals surface area contributed by atoms with E-state index in [1.54, 1.807) is 12.1 Å². The first-order chi connectivity index (χ1) is 12.9. The number of aryl methyl sites for hydroxylation is 2. The van der Waals surface area contributed by atoms with Crippen LogP contribution in [0.15, 0.2) is 30.3 Å². The third kappa shape index (κ3) is 4.09. The summed E-state index contributed by atoms with van der Waals surface area (Å²) in [5.74, 6) is -0.134. The Balaban J connectivity index is 1.99. The van der Waals surface area contributed by atoms with Crippen LogP contribution in [0.2, 0.25) is 0 Å². The number of nitrogens with zero attached hydrogens (tertiary/aromatic N) is 2. The van der Waals surface area contributed by atoms with E-state index < -0.39 is 10.9 Å². The number of nitro benzene ring substituents is 1. The topological polar surface area (TPSA) is 81.9 Å². The van der Waals surface area contributed by atoms with E-state index in [2.05, 4.69) is 0 Å². The number of ether oxygens (including phenoxy) is 2. The molecule has 1 fully saturated rings. The van der Waals surface area contributed by atoms with Gasteiger partial charge in [0.25, 0.3) is 5.69 Å². The molecule has 27 heavy (non-hydrogen) atoms. The molecule has 0 amide bonds. The van der Waals surface area contributed by atoms with Crippen LogP contribution >= 0.6 is 0 Å². The first-order valence-corrected chi connectivity index (χ1v) is 8.78. The quantitative estimate of drug-likeness (QED) is 0.354. The summed E-state index contributed by atoms with van der Waals surface area (Å²) >= 11 is 0. The minimum Gasteiger partial charge on any atom is -0.423 e. The third-order valence-electron chi connectivity index (χ3n) is 4.73. The normalized spacial score (nSPS) is 14.1. The highest BCUT2D eigenvalue weighted by Gasteiger charge is 2.24. The molecule has 0 aromatic heterocycles. The maximum Gasteiger partial charge on any atom is 0.345 e. The molecule has 0 unspecified atom stereocenters. The summed E-state index contributed by atoms with van der Waals surface area (Å²) in [6, 6.07) is 8.11. The number of carbonyl (C=O) groups excluding carboxylic acids is 1. The van der Waals surface area contributed by atoms with Gasteiger partial charge in [-0.25, -0.2) is 4.79 Å². The Labute approximate surface area is 157 Å². The summed E-state index contributed by atoms with van der Waals surface area (Å²) < 4.78 is 11.0. The van der Waals surface area contributed by atoms with Crippen molar-refractivity contribution in [2.45, 2.75) is 20.8 Å². The van der Waals surface area contributed by atoms with Crippen LogP contribution in [0, 0.1) is 30.9 Å². The van der Waals surface area contributed by atoms with Gasteiger partial charge in [-0.1, -0.05) is 6.07 Å². The molecular weight excluding hydrogens is 348 g/mol. The number of hydrogen-bond donors (Lipinski definition) is 0. The Kier molecular flexibility index (Phi) is 5.41. The van der Waals surface area contributed by atoms with E-state index in [1.807, 2.05) is 31.7 Å². The first kappa shape index (κ1) is 18.8. The number of carbonyl (C=O) groups is 1. The van der Waals surface area contributed by atoms with Crippen molar-refractivity contribution in [1.29, 1.82) is 0 Å². The molecule has 3 rings (SSSR count). The van der Waals surface area contributed by atoms with Crippen LogP contribution in [0.25, 0.3) is 0 Å². The van der Waals surface area contributed by atoms with E-state index in [9.17, 15) is 14.9 Å². The number of hydrogen-bond acceptors (Lipinski definition) is 6. The summed E-state index contributed by atoms with van der Waals surface area (Å²) in [4.78, 5) is 25.6. The van der Waals surface area contributed by atoms with Gasteiger partial charge < -0.3 is 14.4 Å². The van der Waals surface area contributed by atoms with Gasteiger partial charge in [0.05, 0.1) is 29.4 Å². The van der Waals surface area contributed by atoms with Crippen LogP contribution in [-0.4, -0.2) is 37.2 Å². The lowest BCUT2D eigenvalue weighted by Gasteiger charge is -2.30. The van der Waals surface area contributed by atoms with E-state index in [0.29, 0.717) is 37.7 Å². The van der Waals surface area contributed by atoms with Crippen LogP contribution in [0.5, 0.6) is 5.75 Å². The fraction of sp³-hybridized carbons (Fsp3) is 0.350. The zero-order chi connectivity index (χ0) is 19.6. The van der Waals surface area contributed by atoms with Crippen LogP contribution in [0.4, 0.5) is 11.4 Å². The van der Waals surface area contributed by atoms with Gasteiger partial charge in [-0.15, -0.1) is 0 Å². The molecule has 0 N–H and O–H groups in total.